The number of hydrogen-bond acceptors (Lipinski definition) is 3. The zero-order valence-electron chi connectivity index (χ0n) is 15.4. The van der Waals surface area contributed by atoms with Crippen molar-refractivity contribution in [2.75, 3.05) is 12.4 Å². The Balaban J connectivity index is 1.97. The molecule has 6 heteroatoms. The summed E-state index contributed by atoms with van der Waals surface area (Å²) in [6.45, 7) is 5.44. The van der Waals surface area contributed by atoms with Gasteiger partial charge in [0, 0.05) is 16.8 Å². The first-order valence-corrected chi connectivity index (χ1v) is 9.21. The summed E-state index contributed by atoms with van der Waals surface area (Å²) in [6.07, 6.45) is 0. The molecule has 0 fully saturated rings. The predicted octanol–water partition coefficient (Wildman–Crippen LogP) is 3.31. The SMILES string of the molecule is COc1ccc([C@@H](C)[NH2+][C@H](C)C(=O)Nc2ccc(C(C)=O)cc2)cc1Br. The van der Waals surface area contributed by atoms with Crippen molar-refractivity contribution in [3.8, 4) is 5.75 Å². The monoisotopic (exact) mass is 419 g/mol. The quantitative estimate of drug-likeness (QED) is 0.676. The summed E-state index contributed by atoms with van der Waals surface area (Å²) in [4.78, 5) is 23.7. The minimum absolute atomic E-state index is 0.00375. The summed E-state index contributed by atoms with van der Waals surface area (Å²) in [5, 5.41) is 4.89. The molecular formula is C20H24BrN2O3+. The van der Waals surface area contributed by atoms with E-state index >= 15 is 0 Å². The van der Waals surface area contributed by atoms with E-state index in [0.717, 1.165) is 15.8 Å². The van der Waals surface area contributed by atoms with Crippen molar-refractivity contribution in [2.24, 2.45) is 0 Å². The van der Waals surface area contributed by atoms with Crippen LogP contribution in [0.25, 0.3) is 0 Å². The molecule has 3 N–H and O–H groups in total. The Kier molecular flexibility index (Phi) is 6.94. The number of nitrogens with two attached hydrogens (primary N) is 1. The van der Waals surface area contributed by atoms with Gasteiger partial charge in [0.05, 0.1) is 11.6 Å². The first kappa shape index (κ1) is 20.1. The highest BCUT2D eigenvalue weighted by atomic mass is 79.9. The number of nitrogens with one attached hydrogen (secondary N) is 1. The first-order chi connectivity index (χ1) is 12.3. The second-order valence-corrected chi connectivity index (χ2v) is 7.14. The van der Waals surface area contributed by atoms with Crippen LogP contribution in [0.1, 0.15) is 42.7 Å². The van der Waals surface area contributed by atoms with Gasteiger partial charge in [0.25, 0.3) is 5.91 Å². The predicted molar refractivity (Wildman–Crippen MR) is 106 cm³/mol. The van der Waals surface area contributed by atoms with Gasteiger partial charge in [-0.3, -0.25) is 9.59 Å². The molecule has 5 nitrogen and oxygen atoms in total. The minimum Gasteiger partial charge on any atom is -0.496 e. The third-order valence-electron chi connectivity index (χ3n) is 4.25. The summed E-state index contributed by atoms with van der Waals surface area (Å²) >= 11 is 3.49. The van der Waals surface area contributed by atoms with E-state index in [1.54, 1.807) is 31.4 Å². The molecular weight excluding hydrogens is 396 g/mol. The zero-order valence-corrected chi connectivity index (χ0v) is 17.0. The Hall–Kier alpha value is -2.18. The van der Waals surface area contributed by atoms with Crippen molar-refractivity contribution in [1.29, 1.82) is 0 Å². The number of ketones is 1. The van der Waals surface area contributed by atoms with Crippen LogP contribution in [0.4, 0.5) is 5.69 Å². The summed E-state index contributed by atoms with van der Waals surface area (Å²) < 4.78 is 6.14. The van der Waals surface area contributed by atoms with Crippen molar-refractivity contribution in [3.05, 3.63) is 58.1 Å². The van der Waals surface area contributed by atoms with Crippen molar-refractivity contribution < 1.29 is 19.6 Å². The fourth-order valence-electron chi connectivity index (χ4n) is 2.64. The number of halogens is 1. The molecule has 0 saturated carbocycles. The molecule has 2 atom stereocenters. The summed E-state index contributed by atoms with van der Waals surface area (Å²) in [5.74, 6) is 0.699. The van der Waals surface area contributed by atoms with Crippen LogP contribution in [0.2, 0.25) is 0 Å². The number of carbonyl (C=O) groups excluding carboxylic acids is 2. The Bertz CT molecular complexity index is 790. The van der Waals surface area contributed by atoms with Gasteiger partial charge in [0.1, 0.15) is 11.8 Å². The van der Waals surface area contributed by atoms with Crippen LogP contribution in [0.5, 0.6) is 5.75 Å². The standard InChI is InChI=1S/C20H23BrN2O3/c1-12(16-7-10-19(26-4)18(21)11-16)22-13(2)20(25)23-17-8-5-15(6-9-17)14(3)24/h5-13,22H,1-4H3,(H,23,25)/p+1/t12-,13-/m1/s1. The maximum absolute atomic E-state index is 12.4. The average Bonchev–Trinajstić information content (AvgIpc) is 2.61. The molecule has 0 aliphatic heterocycles. The number of Topliss-reactive ketones (excluding diaryl/α,β-unsaturated/α-hetero) is 1. The van der Waals surface area contributed by atoms with Gasteiger partial charge in [0.15, 0.2) is 11.8 Å². The molecule has 0 aliphatic carbocycles. The molecule has 0 saturated heterocycles. The maximum atomic E-state index is 12.4. The Morgan fingerprint density at radius 2 is 1.77 bits per heavy atom. The molecule has 1 amide bonds. The van der Waals surface area contributed by atoms with Gasteiger partial charge >= 0.3 is 0 Å². The Labute approximate surface area is 162 Å². The van der Waals surface area contributed by atoms with Crippen molar-refractivity contribution in [3.63, 3.8) is 0 Å². The van der Waals surface area contributed by atoms with E-state index in [4.69, 9.17) is 4.74 Å². The Morgan fingerprint density at radius 1 is 1.12 bits per heavy atom. The number of anilines is 1. The van der Waals surface area contributed by atoms with E-state index < -0.39 is 0 Å². The van der Waals surface area contributed by atoms with Crippen LogP contribution in [-0.2, 0) is 4.79 Å². The third-order valence-corrected chi connectivity index (χ3v) is 4.87. The van der Waals surface area contributed by atoms with Crippen molar-refractivity contribution >= 4 is 33.3 Å². The van der Waals surface area contributed by atoms with Gasteiger partial charge in [-0.2, -0.15) is 0 Å². The topological polar surface area (TPSA) is 72.0 Å². The van der Waals surface area contributed by atoms with Crippen LogP contribution >= 0.6 is 15.9 Å². The van der Waals surface area contributed by atoms with Crippen LogP contribution in [-0.4, -0.2) is 24.8 Å². The molecule has 26 heavy (non-hydrogen) atoms. The van der Waals surface area contributed by atoms with Gasteiger partial charge in [-0.25, -0.2) is 0 Å². The highest BCUT2D eigenvalue weighted by molar-refractivity contribution is 9.10. The molecule has 2 rings (SSSR count). The summed E-state index contributed by atoms with van der Waals surface area (Å²) in [6, 6.07) is 12.7. The fourth-order valence-corrected chi connectivity index (χ4v) is 3.20. The van der Waals surface area contributed by atoms with Gasteiger partial charge in [-0.1, -0.05) is 0 Å². The molecule has 0 heterocycles. The molecule has 0 aromatic heterocycles. The number of benzene rings is 2. The molecule has 0 radical (unpaired) electrons. The largest absolute Gasteiger partial charge is 0.496 e. The number of carbonyl (C=O) groups is 2. The first-order valence-electron chi connectivity index (χ1n) is 8.42. The number of quaternary nitrogens is 1. The lowest BCUT2D eigenvalue weighted by molar-refractivity contribution is -0.709. The number of ether oxygens (including phenoxy) is 1. The second-order valence-electron chi connectivity index (χ2n) is 6.29. The second kappa shape index (κ2) is 8.96. The maximum Gasteiger partial charge on any atom is 0.282 e. The van der Waals surface area contributed by atoms with E-state index in [-0.39, 0.29) is 23.8 Å². The van der Waals surface area contributed by atoms with E-state index in [2.05, 4.69) is 28.2 Å². The van der Waals surface area contributed by atoms with Gasteiger partial charge in [0.2, 0.25) is 0 Å². The number of methoxy groups -OCH3 is 1. The van der Waals surface area contributed by atoms with Crippen LogP contribution in [0.3, 0.4) is 0 Å². The highest BCUT2D eigenvalue weighted by Crippen LogP contribution is 2.27. The lowest BCUT2D eigenvalue weighted by Gasteiger charge is -2.17. The molecule has 0 spiro atoms. The lowest BCUT2D eigenvalue weighted by atomic mass is 10.1. The lowest BCUT2D eigenvalue weighted by Crippen LogP contribution is -2.91. The molecule has 0 unspecified atom stereocenters. The summed E-state index contributed by atoms with van der Waals surface area (Å²) in [5.41, 5.74) is 2.41. The van der Waals surface area contributed by atoms with Crippen LogP contribution < -0.4 is 15.4 Å². The minimum atomic E-state index is -0.265. The van der Waals surface area contributed by atoms with E-state index in [9.17, 15) is 9.59 Å². The van der Waals surface area contributed by atoms with E-state index in [0.29, 0.717) is 11.3 Å². The number of hydrogen-bond donors (Lipinski definition) is 2. The summed E-state index contributed by atoms with van der Waals surface area (Å²) in [7, 11) is 1.63. The van der Waals surface area contributed by atoms with E-state index in [1.807, 2.05) is 30.4 Å². The number of rotatable bonds is 7. The van der Waals surface area contributed by atoms with E-state index in [1.165, 1.54) is 6.92 Å². The van der Waals surface area contributed by atoms with Crippen LogP contribution in [0, 0.1) is 0 Å². The van der Waals surface area contributed by atoms with Gasteiger partial charge in [-0.15, -0.1) is 0 Å². The molecule has 2 aromatic carbocycles. The van der Waals surface area contributed by atoms with Crippen molar-refractivity contribution in [1.82, 2.24) is 0 Å². The average molecular weight is 420 g/mol. The smallest absolute Gasteiger partial charge is 0.282 e. The normalized spacial score (nSPS) is 13.0. The molecule has 2 aromatic rings. The third kappa shape index (κ3) is 5.16. The molecule has 0 aliphatic rings. The number of amides is 1. The van der Waals surface area contributed by atoms with Crippen molar-refractivity contribution in [2.45, 2.75) is 32.9 Å². The fraction of sp³-hybridized carbons (Fsp3) is 0.300. The zero-order chi connectivity index (χ0) is 19.3. The van der Waals surface area contributed by atoms with Crippen LogP contribution in [0.15, 0.2) is 46.9 Å². The highest BCUT2D eigenvalue weighted by Gasteiger charge is 2.21. The van der Waals surface area contributed by atoms with Gasteiger partial charge < -0.3 is 15.4 Å². The Morgan fingerprint density at radius 3 is 2.31 bits per heavy atom. The van der Waals surface area contributed by atoms with Gasteiger partial charge in [-0.05, 0) is 79.2 Å². The molecule has 0 bridgehead atoms. The molecule has 138 valence electrons.